The van der Waals surface area contributed by atoms with Crippen molar-refractivity contribution in [2.24, 2.45) is 5.92 Å². The first kappa shape index (κ1) is 18.9. The average molecular weight is 381 g/mol. The summed E-state index contributed by atoms with van der Waals surface area (Å²) >= 11 is 0. The molecule has 1 amide bonds. The Bertz CT molecular complexity index is 814. The van der Waals surface area contributed by atoms with Gasteiger partial charge in [0.15, 0.2) is 0 Å². The van der Waals surface area contributed by atoms with E-state index in [0.29, 0.717) is 13.2 Å². The van der Waals surface area contributed by atoms with Gasteiger partial charge in [0, 0.05) is 26.2 Å². The molecule has 0 aliphatic carbocycles. The highest BCUT2D eigenvalue weighted by molar-refractivity contribution is 5.86. The number of hydrazine groups is 1. The Balaban J connectivity index is 1.69. The Labute approximate surface area is 165 Å². The minimum atomic E-state index is -0.246. The van der Waals surface area contributed by atoms with Gasteiger partial charge in [-0.2, -0.15) is 0 Å². The summed E-state index contributed by atoms with van der Waals surface area (Å²) < 4.78 is 10.6. The number of likely N-dealkylation sites (tertiary alicyclic amines) is 1. The van der Waals surface area contributed by atoms with Gasteiger partial charge < -0.3 is 14.4 Å². The predicted molar refractivity (Wildman–Crippen MR) is 107 cm³/mol. The molecule has 6 heteroatoms. The highest BCUT2D eigenvalue weighted by Gasteiger charge is 2.55. The van der Waals surface area contributed by atoms with Crippen LogP contribution >= 0.6 is 0 Å². The van der Waals surface area contributed by atoms with E-state index >= 15 is 0 Å². The maximum atomic E-state index is 13.2. The van der Waals surface area contributed by atoms with E-state index in [1.165, 1.54) is 5.56 Å². The van der Waals surface area contributed by atoms with E-state index in [1.807, 2.05) is 41.3 Å². The maximum Gasteiger partial charge on any atom is 0.242 e. The Morgan fingerprint density at radius 2 is 1.71 bits per heavy atom. The lowest BCUT2D eigenvalue weighted by molar-refractivity contribution is -0.131. The molecule has 0 aromatic heterocycles. The molecule has 2 aliphatic heterocycles. The van der Waals surface area contributed by atoms with E-state index in [4.69, 9.17) is 9.47 Å². The molecular formula is C22H27N3O3. The van der Waals surface area contributed by atoms with Crippen molar-refractivity contribution in [2.45, 2.75) is 24.5 Å². The van der Waals surface area contributed by atoms with Gasteiger partial charge in [0.05, 0.1) is 19.2 Å². The number of carbonyl (C=O) groups is 1. The fraction of sp³-hybridized carbons (Fsp3) is 0.409. The topological polar surface area (TPSA) is 62.8 Å². The number of fused-ring (bicyclic) bond motifs is 1. The summed E-state index contributed by atoms with van der Waals surface area (Å²) in [7, 11) is 3.37. The van der Waals surface area contributed by atoms with Gasteiger partial charge in [-0.1, -0.05) is 42.5 Å². The third-order valence-corrected chi connectivity index (χ3v) is 5.76. The van der Waals surface area contributed by atoms with Gasteiger partial charge >= 0.3 is 0 Å². The number of amides is 1. The van der Waals surface area contributed by atoms with Gasteiger partial charge in [-0.05, 0) is 29.7 Å². The van der Waals surface area contributed by atoms with Crippen LogP contribution in [0.15, 0.2) is 54.6 Å². The molecule has 148 valence electrons. The third-order valence-electron chi connectivity index (χ3n) is 5.76. The van der Waals surface area contributed by atoms with Crippen LogP contribution in [0.5, 0.6) is 5.75 Å². The maximum absolute atomic E-state index is 13.2. The van der Waals surface area contributed by atoms with Crippen LogP contribution in [0.4, 0.5) is 0 Å². The van der Waals surface area contributed by atoms with Crippen molar-refractivity contribution in [2.75, 3.05) is 27.4 Å². The lowest BCUT2D eigenvalue weighted by atomic mass is 9.83. The van der Waals surface area contributed by atoms with Gasteiger partial charge in [0.25, 0.3) is 0 Å². The molecule has 2 fully saturated rings. The second-order valence-electron chi connectivity index (χ2n) is 7.33. The second kappa shape index (κ2) is 8.31. The van der Waals surface area contributed by atoms with Crippen LogP contribution in [-0.2, 0) is 9.53 Å². The van der Waals surface area contributed by atoms with Crippen molar-refractivity contribution in [3.8, 4) is 5.75 Å². The number of methoxy groups -OCH3 is 2. The summed E-state index contributed by atoms with van der Waals surface area (Å²) in [6.45, 7) is 1.33. The molecule has 0 saturated carbocycles. The smallest absolute Gasteiger partial charge is 0.242 e. The van der Waals surface area contributed by atoms with Crippen molar-refractivity contribution < 1.29 is 14.3 Å². The Morgan fingerprint density at radius 3 is 2.46 bits per heavy atom. The Morgan fingerprint density at radius 1 is 0.964 bits per heavy atom. The van der Waals surface area contributed by atoms with Crippen molar-refractivity contribution in [3.05, 3.63) is 65.7 Å². The van der Waals surface area contributed by atoms with E-state index in [0.717, 1.165) is 17.7 Å². The molecule has 2 heterocycles. The van der Waals surface area contributed by atoms with Gasteiger partial charge in [-0.3, -0.25) is 4.79 Å². The van der Waals surface area contributed by atoms with Crippen molar-refractivity contribution >= 4 is 5.91 Å². The Kier molecular flexibility index (Phi) is 5.62. The van der Waals surface area contributed by atoms with E-state index in [9.17, 15) is 4.79 Å². The fourth-order valence-corrected chi connectivity index (χ4v) is 4.50. The number of ether oxygens (including phenoxy) is 2. The number of benzene rings is 2. The van der Waals surface area contributed by atoms with Gasteiger partial charge in [-0.15, -0.1) is 0 Å². The Hall–Kier alpha value is -2.41. The van der Waals surface area contributed by atoms with Crippen molar-refractivity contribution in [3.63, 3.8) is 0 Å². The van der Waals surface area contributed by atoms with Crippen LogP contribution in [0.2, 0.25) is 0 Å². The number of hydrogen-bond donors (Lipinski definition) is 2. The van der Waals surface area contributed by atoms with Crippen LogP contribution in [0.3, 0.4) is 0 Å². The zero-order valence-corrected chi connectivity index (χ0v) is 16.3. The molecule has 0 bridgehead atoms. The zero-order chi connectivity index (χ0) is 19.5. The van der Waals surface area contributed by atoms with E-state index in [1.54, 1.807) is 14.2 Å². The van der Waals surface area contributed by atoms with Crippen LogP contribution in [-0.4, -0.2) is 44.2 Å². The molecule has 2 aliphatic rings. The molecule has 2 aromatic carbocycles. The summed E-state index contributed by atoms with van der Waals surface area (Å²) in [5.41, 5.74) is 8.91. The van der Waals surface area contributed by atoms with E-state index in [2.05, 4.69) is 29.1 Å². The first-order chi connectivity index (χ1) is 13.7. The third kappa shape index (κ3) is 3.39. The number of nitrogens with zero attached hydrogens (tertiary/aromatic N) is 1. The molecule has 0 radical (unpaired) electrons. The summed E-state index contributed by atoms with van der Waals surface area (Å²) in [6, 6.07) is 18.2. The SMILES string of the molecule is COCCCN1C(=O)C2NNC(c3cccc(OC)c3)C2C1c1ccccc1. The molecule has 2 N–H and O–H groups in total. The van der Waals surface area contributed by atoms with Crippen LogP contribution < -0.4 is 15.6 Å². The largest absolute Gasteiger partial charge is 0.497 e. The summed E-state index contributed by atoms with van der Waals surface area (Å²) in [4.78, 5) is 15.2. The van der Waals surface area contributed by atoms with Crippen molar-refractivity contribution in [1.29, 1.82) is 0 Å². The van der Waals surface area contributed by atoms with Gasteiger partial charge in [0.2, 0.25) is 5.91 Å². The second-order valence-corrected chi connectivity index (χ2v) is 7.33. The predicted octanol–water partition coefficient (Wildman–Crippen LogP) is 2.45. The highest BCUT2D eigenvalue weighted by atomic mass is 16.5. The highest BCUT2D eigenvalue weighted by Crippen LogP contribution is 2.47. The average Bonchev–Trinajstić information content (AvgIpc) is 3.28. The van der Waals surface area contributed by atoms with Crippen LogP contribution in [0.25, 0.3) is 0 Å². The minimum absolute atomic E-state index is 0.00857. The summed E-state index contributed by atoms with van der Waals surface area (Å²) in [5, 5.41) is 0. The summed E-state index contributed by atoms with van der Waals surface area (Å²) in [5.74, 6) is 1.05. The monoisotopic (exact) mass is 381 g/mol. The lowest BCUT2D eigenvalue weighted by Crippen LogP contribution is -2.41. The number of nitrogens with one attached hydrogen (secondary N) is 2. The lowest BCUT2D eigenvalue weighted by Gasteiger charge is -2.31. The molecule has 4 rings (SSSR count). The van der Waals surface area contributed by atoms with E-state index < -0.39 is 0 Å². The van der Waals surface area contributed by atoms with Crippen LogP contribution in [0.1, 0.15) is 29.6 Å². The molecule has 4 atom stereocenters. The molecule has 28 heavy (non-hydrogen) atoms. The normalized spacial score (nSPS) is 26.5. The molecular weight excluding hydrogens is 354 g/mol. The number of carbonyl (C=O) groups excluding carboxylic acids is 1. The summed E-state index contributed by atoms with van der Waals surface area (Å²) in [6.07, 6.45) is 0.822. The van der Waals surface area contributed by atoms with Gasteiger partial charge in [-0.25, -0.2) is 10.9 Å². The van der Waals surface area contributed by atoms with Crippen LogP contribution in [0, 0.1) is 5.92 Å². The quantitative estimate of drug-likeness (QED) is 0.722. The standard InChI is InChI=1S/C22H27N3O3/c1-27-13-7-12-25-21(15-8-4-3-5-9-15)18-19(23-24-20(18)22(25)26)16-10-6-11-17(14-16)28-2/h3-6,8-11,14,18-21,23-24H,7,12-13H2,1-2H3. The zero-order valence-electron chi connectivity index (χ0n) is 16.3. The fourth-order valence-electron chi connectivity index (χ4n) is 4.50. The molecule has 2 aromatic rings. The number of hydrogen-bond acceptors (Lipinski definition) is 5. The van der Waals surface area contributed by atoms with Gasteiger partial charge in [0.1, 0.15) is 11.8 Å². The molecule has 2 saturated heterocycles. The number of rotatable bonds is 7. The minimum Gasteiger partial charge on any atom is -0.497 e. The molecule has 6 nitrogen and oxygen atoms in total. The first-order valence-electron chi connectivity index (χ1n) is 9.74. The van der Waals surface area contributed by atoms with Crippen molar-refractivity contribution in [1.82, 2.24) is 15.8 Å². The molecule has 4 unspecified atom stereocenters. The molecule has 0 spiro atoms. The van der Waals surface area contributed by atoms with E-state index in [-0.39, 0.29) is 30.0 Å². The first-order valence-corrected chi connectivity index (χ1v) is 9.74.